The predicted molar refractivity (Wildman–Crippen MR) is 98.0 cm³/mol. The van der Waals surface area contributed by atoms with Crippen LogP contribution in [0.3, 0.4) is 0 Å². The summed E-state index contributed by atoms with van der Waals surface area (Å²) in [7, 11) is 0. The van der Waals surface area contributed by atoms with Crippen molar-refractivity contribution in [3.8, 4) is 0 Å². The fourth-order valence-electron chi connectivity index (χ4n) is 2.83. The van der Waals surface area contributed by atoms with Gasteiger partial charge in [0.05, 0.1) is 11.0 Å². The van der Waals surface area contributed by atoms with Crippen molar-refractivity contribution < 1.29 is 8.78 Å². The minimum atomic E-state index is -0.631. The maximum atomic E-state index is 14.0. The largest absolute Gasteiger partial charge is 0.381 e. The Morgan fingerprint density at radius 2 is 2.00 bits per heavy atom. The van der Waals surface area contributed by atoms with Crippen molar-refractivity contribution in [1.82, 2.24) is 14.9 Å². The number of rotatable bonds is 4. The molecule has 1 aromatic heterocycles. The van der Waals surface area contributed by atoms with Crippen LogP contribution >= 0.6 is 0 Å². The van der Waals surface area contributed by atoms with Crippen molar-refractivity contribution in [3.63, 3.8) is 0 Å². The predicted octanol–water partition coefficient (Wildman–Crippen LogP) is 3.21. The Bertz CT molecular complexity index is 1060. The van der Waals surface area contributed by atoms with E-state index in [-0.39, 0.29) is 17.9 Å². The molecule has 26 heavy (non-hydrogen) atoms. The maximum absolute atomic E-state index is 14.0. The van der Waals surface area contributed by atoms with Crippen LogP contribution in [-0.2, 0) is 6.54 Å². The lowest BCUT2D eigenvalue weighted by Crippen LogP contribution is -2.29. The molecule has 0 unspecified atom stereocenters. The highest BCUT2D eigenvalue weighted by atomic mass is 19.1. The summed E-state index contributed by atoms with van der Waals surface area (Å²) in [4.78, 5) is 4.21. The Morgan fingerprint density at radius 3 is 2.69 bits per heavy atom. The molecule has 3 aromatic rings. The van der Waals surface area contributed by atoms with Crippen LogP contribution in [0.15, 0.2) is 36.9 Å². The molecule has 0 amide bonds. The van der Waals surface area contributed by atoms with Crippen LogP contribution in [0.2, 0.25) is 0 Å². The molecule has 0 spiro atoms. The summed E-state index contributed by atoms with van der Waals surface area (Å²) in [6, 6.07) is 7.70. The minimum Gasteiger partial charge on any atom is -0.381 e. The number of nitrogens with two attached hydrogens (primary N) is 1. The highest BCUT2D eigenvalue weighted by Crippen LogP contribution is 2.18. The third-order valence-corrected chi connectivity index (χ3v) is 4.20. The molecule has 134 valence electrons. The van der Waals surface area contributed by atoms with Crippen LogP contribution < -0.4 is 16.5 Å². The zero-order valence-electron chi connectivity index (χ0n) is 14.5. The van der Waals surface area contributed by atoms with Crippen molar-refractivity contribution in [2.45, 2.75) is 20.4 Å². The second-order valence-corrected chi connectivity index (χ2v) is 6.16. The van der Waals surface area contributed by atoms with Gasteiger partial charge in [-0.2, -0.15) is 0 Å². The maximum Gasteiger partial charge on any atom is 0.174 e. The van der Waals surface area contributed by atoms with Crippen molar-refractivity contribution >= 4 is 22.7 Å². The van der Waals surface area contributed by atoms with Gasteiger partial charge in [-0.25, -0.2) is 13.8 Å². The summed E-state index contributed by atoms with van der Waals surface area (Å²) in [5.74, 6) is -0.834. The highest BCUT2D eigenvalue weighted by molar-refractivity contribution is 5.80. The van der Waals surface area contributed by atoms with E-state index in [4.69, 9.17) is 11.1 Å². The zero-order valence-corrected chi connectivity index (χ0v) is 14.5. The smallest absolute Gasteiger partial charge is 0.174 e. The molecule has 2 aromatic carbocycles. The van der Waals surface area contributed by atoms with E-state index in [1.807, 2.05) is 25.1 Å². The van der Waals surface area contributed by atoms with Gasteiger partial charge in [-0.3, -0.25) is 9.98 Å². The molecule has 0 aliphatic carbocycles. The summed E-state index contributed by atoms with van der Waals surface area (Å²) in [5, 5.41) is 11.2. The average Bonchev–Trinajstić information content (AvgIpc) is 2.55. The standard InChI is InChI=1S/C19H19F2N5/c1-10-4-5-16-17(6-10)26(19(23)18(22)25-16)12(3)24-9-14-11(2)7-13(20)8-15(14)21/h4-8,23-24H,3,9H2,1-2H3,(H2,22,25). The number of hydrogen-bond acceptors (Lipinski definition) is 4. The second kappa shape index (κ2) is 6.59. The lowest BCUT2D eigenvalue weighted by Gasteiger charge is -2.18. The molecule has 4 N–H and O–H groups in total. The monoisotopic (exact) mass is 355 g/mol. The Balaban J connectivity index is 2.00. The molecule has 0 aliphatic heterocycles. The molecule has 0 fully saturated rings. The Hall–Kier alpha value is -3.22. The van der Waals surface area contributed by atoms with Gasteiger partial charge in [-0.15, -0.1) is 0 Å². The number of nitrogens with one attached hydrogen (secondary N) is 2. The third-order valence-electron chi connectivity index (χ3n) is 4.20. The van der Waals surface area contributed by atoms with Crippen molar-refractivity contribution in [1.29, 1.82) is 5.41 Å². The van der Waals surface area contributed by atoms with E-state index in [1.165, 1.54) is 10.6 Å². The Morgan fingerprint density at radius 1 is 1.27 bits per heavy atom. The van der Waals surface area contributed by atoms with Crippen LogP contribution in [0.25, 0.3) is 16.9 Å². The Kier molecular flexibility index (Phi) is 4.46. The fraction of sp³-hybridized carbons (Fsp3) is 0.158. The summed E-state index contributed by atoms with van der Waals surface area (Å²) in [5.41, 5.74) is 8.94. The van der Waals surface area contributed by atoms with Crippen LogP contribution in [-0.4, -0.2) is 9.55 Å². The van der Waals surface area contributed by atoms with Gasteiger partial charge < -0.3 is 11.1 Å². The summed E-state index contributed by atoms with van der Waals surface area (Å²) < 4.78 is 28.8. The number of benzene rings is 2. The molecular weight excluding hydrogens is 336 g/mol. The Labute approximate surface area is 149 Å². The van der Waals surface area contributed by atoms with E-state index in [9.17, 15) is 8.78 Å². The van der Waals surface area contributed by atoms with E-state index in [0.29, 0.717) is 28.0 Å². The quantitative estimate of drug-likeness (QED) is 0.672. The summed E-state index contributed by atoms with van der Waals surface area (Å²) in [6.07, 6.45) is 0. The van der Waals surface area contributed by atoms with E-state index in [0.717, 1.165) is 11.6 Å². The highest BCUT2D eigenvalue weighted by Gasteiger charge is 2.12. The van der Waals surface area contributed by atoms with E-state index >= 15 is 0 Å². The van der Waals surface area contributed by atoms with Gasteiger partial charge >= 0.3 is 0 Å². The van der Waals surface area contributed by atoms with Gasteiger partial charge in [0, 0.05) is 18.2 Å². The molecule has 0 saturated carbocycles. The van der Waals surface area contributed by atoms with Gasteiger partial charge in [-0.05, 0) is 43.2 Å². The molecule has 0 radical (unpaired) electrons. The second-order valence-electron chi connectivity index (χ2n) is 6.16. The average molecular weight is 355 g/mol. The molecule has 7 heteroatoms. The molecule has 0 atom stereocenters. The molecule has 0 saturated heterocycles. The number of hydrogen-bond donors (Lipinski definition) is 3. The van der Waals surface area contributed by atoms with Crippen molar-refractivity contribution in [2.75, 3.05) is 5.73 Å². The first-order chi connectivity index (χ1) is 12.3. The van der Waals surface area contributed by atoms with E-state index in [1.54, 1.807) is 6.92 Å². The number of aryl methyl sites for hydroxylation is 2. The van der Waals surface area contributed by atoms with Gasteiger partial charge in [0.1, 0.15) is 17.5 Å². The van der Waals surface area contributed by atoms with Crippen LogP contribution in [0, 0.1) is 30.9 Å². The SMILES string of the molecule is C=C(NCc1c(C)cc(F)cc1F)n1c(=N)c(N)nc2ccc(C)cc21. The number of nitrogens with zero attached hydrogens (tertiary/aromatic N) is 2. The zero-order chi connectivity index (χ0) is 19.0. The molecular formula is C19H19F2N5. The number of aromatic nitrogens is 2. The molecule has 3 rings (SSSR count). The molecule has 5 nitrogen and oxygen atoms in total. The van der Waals surface area contributed by atoms with Gasteiger partial charge in [0.25, 0.3) is 0 Å². The molecule has 0 bridgehead atoms. The lowest BCUT2D eigenvalue weighted by molar-refractivity contribution is 0.565. The van der Waals surface area contributed by atoms with Crippen LogP contribution in [0.5, 0.6) is 0 Å². The van der Waals surface area contributed by atoms with Gasteiger partial charge in [0.2, 0.25) is 0 Å². The minimum absolute atomic E-state index is 0.0168. The number of nitrogen functional groups attached to an aromatic ring is 1. The van der Waals surface area contributed by atoms with E-state index in [2.05, 4.69) is 16.9 Å². The van der Waals surface area contributed by atoms with Crippen molar-refractivity contribution in [3.05, 3.63) is 70.7 Å². The van der Waals surface area contributed by atoms with Crippen LogP contribution in [0.4, 0.5) is 14.6 Å². The van der Waals surface area contributed by atoms with E-state index < -0.39 is 11.6 Å². The fourth-order valence-corrected chi connectivity index (χ4v) is 2.83. The number of anilines is 1. The van der Waals surface area contributed by atoms with Crippen LogP contribution in [0.1, 0.15) is 16.7 Å². The summed E-state index contributed by atoms with van der Waals surface area (Å²) >= 11 is 0. The lowest BCUT2D eigenvalue weighted by atomic mass is 10.1. The molecule has 0 aliphatic rings. The van der Waals surface area contributed by atoms with Crippen molar-refractivity contribution in [2.24, 2.45) is 0 Å². The van der Waals surface area contributed by atoms with Gasteiger partial charge in [-0.1, -0.05) is 12.6 Å². The first kappa shape index (κ1) is 17.6. The van der Waals surface area contributed by atoms with Gasteiger partial charge in [0.15, 0.2) is 11.3 Å². The third kappa shape index (κ3) is 3.15. The number of fused-ring (bicyclic) bond motifs is 1. The topological polar surface area (TPSA) is 79.7 Å². The first-order valence-corrected chi connectivity index (χ1v) is 7.99. The number of halogens is 2. The first-order valence-electron chi connectivity index (χ1n) is 7.99. The normalized spacial score (nSPS) is 10.9. The molecule has 1 heterocycles. The summed E-state index contributed by atoms with van der Waals surface area (Å²) in [6.45, 7) is 7.61.